The van der Waals surface area contributed by atoms with E-state index < -0.39 is 10.8 Å². The van der Waals surface area contributed by atoms with E-state index in [1.54, 1.807) is 48.2 Å². The molecule has 178 valence electrons. The fourth-order valence-corrected chi connectivity index (χ4v) is 3.16. The summed E-state index contributed by atoms with van der Waals surface area (Å²) in [5.41, 5.74) is 1.97. The number of methoxy groups -OCH3 is 1. The Kier molecular flexibility index (Phi) is 7.07. The molecule has 1 heterocycles. The molecular formula is C24H20FN5O5. The predicted octanol–water partition coefficient (Wildman–Crippen LogP) is 4.26. The fraction of sp³-hybridized carbons (Fsp3) is 0.125. The molecule has 4 aromatic rings. The van der Waals surface area contributed by atoms with Gasteiger partial charge in [-0.25, -0.2) is 9.07 Å². The number of non-ortho nitro benzene ring substituents is 1. The van der Waals surface area contributed by atoms with Gasteiger partial charge < -0.3 is 14.8 Å². The van der Waals surface area contributed by atoms with Gasteiger partial charge in [0, 0.05) is 36.1 Å². The summed E-state index contributed by atoms with van der Waals surface area (Å²) in [7, 11) is 1.56. The van der Waals surface area contributed by atoms with E-state index in [2.05, 4.69) is 15.4 Å². The molecule has 0 radical (unpaired) electrons. The maximum Gasteiger partial charge on any atom is 0.336 e. The zero-order chi connectivity index (χ0) is 24.8. The third-order valence-corrected chi connectivity index (χ3v) is 4.92. The molecule has 0 saturated carbocycles. The summed E-state index contributed by atoms with van der Waals surface area (Å²) in [5.74, 6) is -0.334. The van der Waals surface area contributed by atoms with Crippen molar-refractivity contribution in [3.8, 4) is 23.1 Å². The molecule has 0 bridgehead atoms. The van der Waals surface area contributed by atoms with Crippen molar-refractivity contribution in [2.45, 2.75) is 0 Å². The van der Waals surface area contributed by atoms with E-state index >= 15 is 0 Å². The summed E-state index contributed by atoms with van der Waals surface area (Å²) in [6.07, 6.45) is 0. The van der Waals surface area contributed by atoms with Gasteiger partial charge in [0.05, 0.1) is 17.2 Å². The number of rotatable bonds is 9. The van der Waals surface area contributed by atoms with Gasteiger partial charge in [0.2, 0.25) is 0 Å². The Hall–Kier alpha value is -4.64. The lowest BCUT2D eigenvalue weighted by atomic mass is 10.2. The molecule has 0 aliphatic rings. The Bertz CT molecular complexity index is 1320. The molecule has 1 amide bonds. The summed E-state index contributed by atoms with van der Waals surface area (Å²) in [6.45, 7) is 0.626. The van der Waals surface area contributed by atoms with Gasteiger partial charge in [0.25, 0.3) is 11.6 Å². The number of benzene rings is 3. The van der Waals surface area contributed by atoms with Crippen molar-refractivity contribution in [2.75, 3.05) is 25.6 Å². The van der Waals surface area contributed by atoms with Crippen LogP contribution in [0.15, 0.2) is 72.8 Å². The lowest BCUT2D eigenvalue weighted by Gasteiger charge is -2.08. The minimum Gasteiger partial charge on any atom is -0.460 e. The van der Waals surface area contributed by atoms with E-state index in [1.807, 2.05) is 0 Å². The standard InChI is InChI=1S/C24H20FN5O5/c1-34-14-15-35-24-27-22(16-2-6-18(25)7-3-16)29(28-24)20-12-8-19(9-13-20)26-23(31)17-4-10-21(11-5-17)30(32)33/h2-13H,14-15H2,1H3,(H,26,31). The zero-order valence-corrected chi connectivity index (χ0v) is 18.6. The van der Waals surface area contributed by atoms with Gasteiger partial charge in [0.15, 0.2) is 5.82 Å². The van der Waals surface area contributed by atoms with Crippen molar-refractivity contribution in [3.63, 3.8) is 0 Å². The van der Waals surface area contributed by atoms with E-state index in [1.165, 1.54) is 36.4 Å². The number of anilines is 1. The number of hydrogen-bond acceptors (Lipinski definition) is 7. The molecule has 0 spiro atoms. The molecule has 0 atom stereocenters. The van der Waals surface area contributed by atoms with Crippen molar-refractivity contribution < 1.29 is 23.6 Å². The van der Waals surface area contributed by atoms with Crippen molar-refractivity contribution in [3.05, 3.63) is 94.3 Å². The van der Waals surface area contributed by atoms with Crippen molar-refractivity contribution >= 4 is 17.3 Å². The number of aromatic nitrogens is 3. The minimum atomic E-state index is -0.529. The number of nitro benzene ring substituents is 1. The van der Waals surface area contributed by atoms with Crippen LogP contribution >= 0.6 is 0 Å². The Morgan fingerprint density at radius 3 is 2.34 bits per heavy atom. The molecular weight excluding hydrogens is 457 g/mol. The first-order chi connectivity index (χ1) is 16.9. The minimum absolute atomic E-state index is 0.0961. The Morgan fingerprint density at radius 1 is 1.03 bits per heavy atom. The molecule has 1 aromatic heterocycles. The number of hydrogen-bond donors (Lipinski definition) is 1. The normalized spacial score (nSPS) is 10.7. The Balaban J connectivity index is 1.56. The number of halogens is 1. The van der Waals surface area contributed by atoms with Crippen molar-refractivity contribution in [2.24, 2.45) is 0 Å². The van der Waals surface area contributed by atoms with Gasteiger partial charge in [-0.3, -0.25) is 14.9 Å². The molecule has 0 aliphatic carbocycles. The van der Waals surface area contributed by atoms with Crippen LogP contribution in [-0.4, -0.2) is 45.9 Å². The van der Waals surface area contributed by atoms with Crippen molar-refractivity contribution in [1.82, 2.24) is 14.8 Å². The second-order valence-electron chi connectivity index (χ2n) is 7.28. The average molecular weight is 477 g/mol. The third-order valence-electron chi connectivity index (χ3n) is 4.92. The lowest BCUT2D eigenvalue weighted by molar-refractivity contribution is -0.384. The van der Waals surface area contributed by atoms with Crippen LogP contribution in [0, 0.1) is 15.9 Å². The van der Waals surface area contributed by atoms with Gasteiger partial charge in [-0.15, -0.1) is 5.10 Å². The van der Waals surface area contributed by atoms with Crippen LogP contribution in [0.1, 0.15) is 10.4 Å². The molecule has 3 aromatic carbocycles. The maximum absolute atomic E-state index is 13.4. The van der Waals surface area contributed by atoms with E-state index in [-0.39, 0.29) is 29.7 Å². The van der Waals surface area contributed by atoms with E-state index in [0.29, 0.717) is 29.4 Å². The van der Waals surface area contributed by atoms with Gasteiger partial charge >= 0.3 is 6.01 Å². The summed E-state index contributed by atoms with van der Waals surface area (Å²) in [4.78, 5) is 27.2. The highest BCUT2D eigenvalue weighted by Gasteiger charge is 2.16. The first-order valence-corrected chi connectivity index (χ1v) is 10.5. The average Bonchev–Trinajstić information content (AvgIpc) is 3.29. The molecule has 10 nitrogen and oxygen atoms in total. The number of carbonyl (C=O) groups is 1. The molecule has 0 unspecified atom stereocenters. The Labute approximate surface area is 199 Å². The van der Waals surface area contributed by atoms with Gasteiger partial charge in [-0.1, -0.05) is 0 Å². The second-order valence-corrected chi connectivity index (χ2v) is 7.28. The van der Waals surface area contributed by atoms with Gasteiger partial charge in [0.1, 0.15) is 12.4 Å². The maximum atomic E-state index is 13.4. The van der Waals surface area contributed by atoms with Crippen LogP contribution in [0.4, 0.5) is 15.8 Å². The third kappa shape index (κ3) is 5.65. The van der Waals surface area contributed by atoms with Crippen LogP contribution in [0.2, 0.25) is 0 Å². The molecule has 11 heteroatoms. The number of carbonyl (C=O) groups excluding carboxylic acids is 1. The highest BCUT2D eigenvalue weighted by molar-refractivity contribution is 6.04. The van der Waals surface area contributed by atoms with Crippen LogP contribution in [0.5, 0.6) is 6.01 Å². The summed E-state index contributed by atoms with van der Waals surface area (Å²) >= 11 is 0. The van der Waals surface area contributed by atoms with E-state index in [0.717, 1.165) is 0 Å². The van der Waals surface area contributed by atoms with Crippen LogP contribution in [0.3, 0.4) is 0 Å². The van der Waals surface area contributed by atoms with E-state index in [4.69, 9.17) is 9.47 Å². The SMILES string of the molecule is COCCOc1nc(-c2ccc(F)cc2)n(-c2ccc(NC(=O)c3ccc([N+](=O)[O-])cc3)cc2)n1. The van der Waals surface area contributed by atoms with Gasteiger partial charge in [-0.2, -0.15) is 4.98 Å². The lowest BCUT2D eigenvalue weighted by Crippen LogP contribution is -2.12. The van der Waals surface area contributed by atoms with Crippen LogP contribution < -0.4 is 10.1 Å². The topological polar surface area (TPSA) is 121 Å². The van der Waals surface area contributed by atoms with E-state index in [9.17, 15) is 19.3 Å². The van der Waals surface area contributed by atoms with Crippen molar-refractivity contribution in [1.29, 1.82) is 0 Å². The smallest absolute Gasteiger partial charge is 0.336 e. The molecule has 4 rings (SSSR count). The van der Waals surface area contributed by atoms with Gasteiger partial charge in [-0.05, 0) is 60.7 Å². The summed E-state index contributed by atoms with van der Waals surface area (Å²) in [6, 6.07) is 18.1. The zero-order valence-electron chi connectivity index (χ0n) is 18.6. The summed E-state index contributed by atoms with van der Waals surface area (Å²) in [5, 5.41) is 17.9. The fourth-order valence-electron chi connectivity index (χ4n) is 3.16. The quantitative estimate of drug-likeness (QED) is 0.217. The first-order valence-electron chi connectivity index (χ1n) is 10.5. The predicted molar refractivity (Wildman–Crippen MR) is 125 cm³/mol. The highest BCUT2D eigenvalue weighted by atomic mass is 19.1. The molecule has 0 saturated heterocycles. The van der Waals surface area contributed by atoms with Crippen LogP contribution in [0.25, 0.3) is 17.1 Å². The first kappa shape index (κ1) is 23.5. The number of nitrogens with one attached hydrogen (secondary N) is 1. The second kappa shape index (κ2) is 10.5. The number of nitro groups is 1. The molecule has 0 aliphatic heterocycles. The largest absolute Gasteiger partial charge is 0.460 e. The highest BCUT2D eigenvalue weighted by Crippen LogP contribution is 2.25. The number of amides is 1. The molecule has 35 heavy (non-hydrogen) atoms. The Morgan fingerprint density at radius 2 is 1.71 bits per heavy atom. The summed E-state index contributed by atoms with van der Waals surface area (Å²) < 4.78 is 25.5. The van der Waals surface area contributed by atoms with Crippen LogP contribution in [-0.2, 0) is 4.74 Å². The monoisotopic (exact) mass is 477 g/mol. The number of nitrogens with zero attached hydrogens (tertiary/aromatic N) is 4. The molecule has 0 fully saturated rings. The molecule has 1 N–H and O–H groups in total. The number of ether oxygens (including phenoxy) is 2.